The molecule has 0 fully saturated rings. The number of hydrogen-bond acceptors (Lipinski definition) is 6. The van der Waals surface area contributed by atoms with Gasteiger partial charge in [-0.2, -0.15) is 0 Å². The van der Waals surface area contributed by atoms with E-state index in [-0.39, 0.29) is 24.3 Å². The Morgan fingerprint density at radius 3 is 1.22 bits per heavy atom. The Labute approximate surface area is 414 Å². The summed E-state index contributed by atoms with van der Waals surface area (Å²) in [5.74, 6) is 3.46. The Kier molecular flexibility index (Phi) is 8.44. The number of fused-ring (bicyclic) bond motifs is 16. The van der Waals surface area contributed by atoms with E-state index in [4.69, 9.17) is 9.47 Å². The first kappa shape index (κ1) is 40.0. The first-order chi connectivity index (χ1) is 33.2. The summed E-state index contributed by atoms with van der Waals surface area (Å²) in [6.07, 6.45) is 0. The van der Waals surface area contributed by atoms with Gasteiger partial charge >= 0.3 is 0 Å². The summed E-state index contributed by atoms with van der Waals surface area (Å²) in [5, 5.41) is 0. The van der Waals surface area contributed by atoms with Crippen LogP contribution in [0.4, 0.5) is 0 Å². The van der Waals surface area contributed by atoms with Gasteiger partial charge in [0.2, 0.25) is 13.4 Å². The molecule has 9 aromatic carbocycles. The largest absolute Gasteiger partial charge is 0.457 e. The molecule has 2 aliphatic carbocycles. The maximum absolute atomic E-state index is 6.45. The maximum atomic E-state index is 6.45. The molecule has 0 N–H and O–H groups in total. The molecule has 0 spiro atoms. The standard InChI is InChI=1S/C60H40B2O2S4/c1-59(2)41-27-35(63-33-15-7-5-8-16-33)23-25-37(41)39-29-51-55-57(53(39)59)67-47-21-13-11-19-43(47)61(55)45-31-46-50(32-49(45)65-51)66-52-30-40-38-26-24-36(64-34-17-9-6-10-18-34)28-42(38)60(3,4)54(40)58-56(52)62(46)44-20-12-14-22-48(44)68-58/h5-32H,1-4H3. The number of ether oxygens (including phenoxy) is 2. The second kappa shape index (κ2) is 14.3. The maximum Gasteiger partial charge on any atom is 0.247 e. The quantitative estimate of drug-likeness (QED) is 0.163. The molecule has 0 bridgehead atoms. The summed E-state index contributed by atoms with van der Waals surface area (Å²) in [6, 6.07) is 62.5. The van der Waals surface area contributed by atoms with E-state index in [1.54, 1.807) is 0 Å². The molecule has 15 rings (SSSR count). The van der Waals surface area contributed by atoms with Crippen LogP contribution in [0, 0.1) is 0 Å². The lowest BCUT2D eigenvalue weighted by atomic mass is 9.33. The molecule has 4 aliphatic heterocycles. The van der Waals surface area contributed by atoms with Crippen molar-refractivity contribution in [1.29, 1.82) is 0 Å². The summed E-state index contributed by atoms with van der Waals surface area (Å²) in [5.41, 5.74) is 19.1. The minimum Gasteiger partial charge on any atom is -0.457 e. The van der Waals surface area contributed by atoms with Crippen LogP contribution < -0.4 is 42.3 Å². The van der Waals surface area contributed by atoms with E-state index < -0.39 is 0 Å². The molecule has 0 saturated carbocycles. The van der Waals surface area contributed by atoms with Crippen molar-refractivity contribution in [3.8, 4) is 45.3 Å². The molecule has 2 nitrogen and oxygen atoms in total. The fraction of sp³-hybridized carbons (Fsp3) is 0.100. The van der Waals surface area contributed by atoms with Crippen molar-refractivity contribution in [3.05, 3.63) is 192 Å². The van der Waals surface area contributed by atoms with E-state index in [1.807, 2.05) is 108 Å². The van der Waals surface area contributed by atoms with E-state index >= 15 is 0 Å². The Morgan fingerprint density at radius 2 is 0.765 bits per heavy atom. The second-order valence-corrected chi connectivity index (χ2v) is 24.1. The zero-order valence-electron chi connectivity index (χ0n) is 37.8. The number of rotatable bonds is 4. The molecular formula is C60H40B2O2S4. The summed E-state index contributed by atoms with van der Waals surface area (Å²) >= 11 is 7.93. The average molecular weight is 943 g/mol. The van der Waals surface area contributed by atoms with E-state index in [2.05, 4.69) is 137 Å². The van der Waals surface area contributed by atoms with Gasteiger partial charge in [0.05, 0.1) is 0 Å². The SMILES string of the molecule is CC1(C)c2cc(Oc3ccccc3)ccc2-c2cc3c4c(c21)Sc1ccccc1B4c1cc2c(cc1S3)Sc1cc3c(c4c1B2c1ccccc1S4)C(C)(C)c1cc(Oc2ccccc2)ccc1-3. The lowest BCUT2D eigenvalue weighted by Gasteiger charge is -2.39. The third-order valence-corrected chi connectivity index (χ3v) is 20.0. The Morgan fingerprint density at radius 1 is 0.338 bits per heavy atom. The van der Waals surface area contributed by atoms with Gasteiger partial charge in [-0.3, -0.25) is 0 Å². The summed E-state index contributed by atoms with van der Waals surface area (Å²) in [4.78, 5) is 11.1. The van der Waals surface area contributed by atoms with Gasteiger partial charge in [-0.15, -0.1) is 0 Å². The molecule has 6 aliphatic rings. The predicted molar refractivity (Wildman–Crippen MR) is 286 cm³/mol. The molecule has 0 saturated heterocycles. The minimum absolute atomic E-state index is 0.126. The van der Waals surface area contributed by atoms with E-state index in [1.165, 1.54) is 116 Å². The Balaban J connectivity index is 0.895. The van der Waals surface area contributed by atoms with Crippen molar-refractivity contribution >= 4 is 93.2 Å². The zero-order chi connectivity index (χ0) is 45.2. The highest BCUT2D eigenvalue weighted by Gasteiger charge is 2.49. The monoisotopic (exact) mass is 942 g/mol. The highest BCUT2D eigenvalue weighted by Crippen LogP contribution is 2.58. The van der Waals surface area contributed by atoms with Crippen LogP contribution >= 0.6 is 47.0 Å². The Bertz CT molecular complexity index is 3480. The van der Waals surface area contributed by atoms with Gasteiger partial charge in [0.1, 0.15) is 23.0 Å². The lowest BCUT2D eigenvalue weighted by Crippen LogP contribution is -2.62. The number of para-hydroxylation sites is 2. The fourth-order valence-electron chi connectivity index (χ4n) is 12.4. The van der Waals surface area contributed by atoms with Crippen molar-refractivity contribution in [2.45, 2.75) is 77.7 Å². The first-order valence-corrected chi connectivity index (χ1v) is 26.7. The van der Waals surface area contributed by atoms with Crippen LogP contribution in [-0.2, 0) is 10.8 Å². The molecular weight excluding hydrogens is 903 g/mol. The van der Waals surface area contributed by atoms with Gasteiger partial charge in [-0.1, -0.05) is 188 Å². The predicted octanol–water partition coefficient (Wildman–Crippen LogP) is 12.8. The number of benzene rings is 9. The van der Waals surface area contributed by atoms with Gasteiger partial charge in [-0.25, -0.2) is 0 Å². The highest BCUT2D eigenvalue weighted by molar-refractivity contribution is 8.02. The summed E-state index contributed by atoms with van der Waals surface area (Å²) in [7, 11) is 0. The fourth-order valence-corrected chi connectivity index (χ4v) is 17.9. The van der Waals surface area contributed by atoms with E-state index in [0.717, 1.165) is 23.0 Å². The zero-order valence-corrected chi connectivity index (χ0v) is 41.0. The third kappa shape index (κ3) is 5.57. The van der Waals surface area contributed by atoms with Crippen LogP contribution in [0.15, 0.2) is 209 Å². The van der Waals surface area contributed by atoms with Gasteiger partial charge in [-0.05, 0) is 134 Å². The van der Waals surface area contributed by atoms with Crippen LogP contribution in [0.5, 0.6) is 23.0 Å². The van der Waals surface area contributed by atoms with Crippen molar-refractivity contribution < 1.29 is 9.47 Å². The normalized spacial score (nSPS) is 15.9. The molecule has 68 heavy (non-hydrogen) atoms. The van der Waals surface area contributed by atoms with E-state index in [9.17, 15) is 0 Å². The van der Waals surface area contributed by atoms with Crippen LogP contribution in [-0.4, -0.2) is 13.4 Å². The van der Waals surface area contributed by atoms with Crippen LogP contribution in [0.3, 0.4) is 0 Å². The van der Waals surface area contributed by atoms with Crippen LogP contribution in [0.1, 0.15) is 49.9 Å². The van der Waals surface area contributed by atoms with Crippen molar-refractivity contribution in [2.75, 3.05) is 0 Å². The molecule has 0 radical (unpaired) electrons. The lowest BCUT2D eigenvalue weighted by molar-refractivity contribution is 0.480. The Hall–Kier alpha value is -5.89. The molecule has 8 heteroatoms. The molecule has 0 atom stereocenters. The first-order valence-electron chi connectivity index (χ1n) is 23.4. The van der Waals surface area contributed by atoms with Crippen LogP contribution in [0.2, 0.25) is 0 Å². The van der Waals surface area contributed by atoms with E-state index in [0.29, 0.717) is 0 Å². The van der Waals surface area contributed by atoms with Gasteiger partial charge in [0, 0.05) is 50.0 Å². The molecule has 0 unspecified atom stereocenters. The van der Waals surface area contributed by atoms with Crippen molar-refractivity contribution in [1.82, 2.24) is 0 Å². The molecule has 322 valence electrons. The molecule has 4 heterocycles. The second-order valence-electron chi connectivity index (χ2n) is 19.9. The van der Waals surface area contributed by atoms with Gasteiger partial charge < -0.3 is 9.47 Å². The average Bonchev–Trinajstić information content (AvgIpc) is 3.72. The molecule has 9 aromatic rings. The third-order valence-electron chi connectivity index (χ3n) is 15.3. The van der Waals surface area contributed by atoms with Gasteiger partial charge in [0.25, 0.3) is 0 Å². The highest BCUT2D eigenvalue weighted by atomic mass is 32.2. The van der Waals surface area contributed by atoms with Gasteiger partial charge in [0.15, 0.2) is 0 Å². The summed E-state index contributed by atoms with van der Waals surface area (Å²) < 4.78 is 12.9. The van der Waals surface area contributed by atoms with Crippen molar-refractivity contribution in [2.24, 2.45) is 0 Å². The smallest absolute Gasteiger partial charge is 0.247 e. The number of hydrogen-bond donors (Lipinski definition) is 0. The topological polar surface area (TPSA) is 18.5 Å². The summed E-state index contributed by atoms with van der Waals surface area (Å²) in [6.45, 7) is 9.93. The molecule has 0 aromatic heterocycles. The van der Waals surface area contributed by atoms with Crippen LogP contribution in [0.25, 0.3) is 22.3 Å². The van der Waals surface area contributed by atoms with Crippen molar-refractivity contribution in [3.63, 3.8) is 0 Å². The molecule has 0 amide bonds. The minimum atomic E-state index is -0.222.